The SMILES string of the molecule is CCCC(O)COc1ccc(F)cc1. The molecule has 0 aromatic heterocycles. The fourth-order valence-corrected chi connectivity index (χ4v) is 1.14. The fourth-order valence-electron chi connectivity index (χ4n) is 1.14. The maximum absolute atomic E-state index is 12.5. The number of benzene rings is 1. The van der Waals surface area contributed by atoms with Crippen LogP contribution in [0.15, 0.2) is 24.3 Å². The zero-order chi connectivity index (χ0) is 10.4. The summed E-state index contributed by atoms with van der Waals surface area (Å²) in [4.78, 5) is 0. The smallest absolute Gasteiger partial charge is 0.123 e. The van der Waals surface area contributed by atoms with E-state index in [0.717, 1.165) is 12.8 Å². The van der Waals surface area contributed by atoms with Crippen LogP contribution in [0.5, 0.6) is 5.75 Å². The normalized spacial score (nSPS) is 12.5. The summed E-state index contributed by atoms with van der Waals surface area (Å²) in [7, 11) is 0. The van der Waals surface area contributed by atoms with Gasteiger partial charge >= 0.3 is 0 Å². The summed E-state index contributed by atoms with van der Waals surface area (Å²) in [6.45, 7) is 2.26. The van der Waals surface area contributed by atoms with E-state index in [2.05, 4.69) is 0 Å². The highest BCUT2D eigenvalue weighted by Crippen LogP contribution is 2.11. The number of rotatable bonds is 5. The predicted octanol–water partition coefficient (Wildman–Crippen LogP) is 2.37. The number of halogens is 1. The zero-order valence-electron chi connectivity index (χ0n) is 8.24. The van der Waals surface area contributed by atoms with Gasteiger partial charge in [-0.05, 0) is 30.7 Å². The van der Waals surface area contributed by atoms with Crippen molar-refractivity contribution in [2.24, 2.45) is 0 Å². The molecule has 3 heteroatoms. The van der Waals surface area contributed by atoms with Crippen LogP contribution in [0.3, 0.4) is 0 Å². The third kappa shape index (κ3) is 3.75. The largest absolute Gasteiger partial charge is 0.491 e. The topological polar surface area (TPSA) is 29.5 Å². The number of hydrogen-bond donors (Lipinski definition) is 1. The molecule has 14 heavy (non-hydrogen) atoms. The molecule has 0 aliphatic rings. The third-order valence-electron chi connectivity index (χ3n) is 1.88. The van der Waals surface area contributed by atoms with E-state index in [4.69, 9.17) is 4.74 Å². The highest BCUT2D eigenvalue weighted by atomic mass is 19.1. The first-order valence-corrected chi connectivity index (χ1v) is 4.78. The average molecular weight is 198 g/mol. The maximum Gasteiger partial charge on any atom is 0.123 e. The lowest BCUT2D eigenvalue weighted by Crippen LogP contribution is -2.16. The van der Waals surface area contributed by atoms with Crippen LogP contribution in [0.1, 0.15) is 19.8 Å². The van der Waals surface area contributed by atoms with E-state index < -0.39 is 6.10 Å². The van der Waals surface area contributed by atoms with Gasteiger partial charge in [0.1, 0.15) is 18.2 Å². The van der Waals surface area contributed by atoms with Crippen molar-refractivity contribution in [3.8, 4) is 5.75 Å². The molecule has 0 saturated heterocycles. The van der Waals surface area contributed by atoms with E-state index in [9.17, 15) is 9.50 Å². The molecule has 1 atom stereocenters. The summed E-state index contributed by atoms with van der Waals surface area (Å²) in [6.07, 6.45) is 1.21. The molecule has 0 saturated carbocycles. The van der Waals surface area contributed by atoms with Crippen LogP contribution in [0, 0.1) is 5.82 Å². The van der Waals surface area contributed by atoms with Crippen LogP contribution in [-0.2, 0) is 0 Å². The molecule has 1 aromatic carbocycles. The Kier molecular flexibility index (Phi) is 4.40. The van der Waals surface area contributed by atoms with Crippen molar-refractivity contribution in [3.63, 3.8) is 0 Å². The summed E-state index contributed by atoms with van der Waals surface area (Å²) in [5.74, 6) is 0.299. The molecule has 1 unspecified atom stereocenters. The maximum atomic E-state index is 12.5. The number of aliphatic hydroxyl groups is 1. The third-order valence-corrected chi connectivity index (χ3v) is 1.88. The first-order chi connectivity index (χ1) is 6.72. The molecule has 0 aliphatic carbocycles. The zero-order valence-corrected chi connectivity index (χ0v) is 8.24. The number of aliphatic hydroxyl groups excluding tert-OH is 1. The average Bonchev–Trinajstić information content (AvgIpc) is 2.17. The molecule has 1 N–H and O–H groups in total. The Labute approximate surface area is 83.3 Å². The Morgan fingerprint density at radius 3 is 2.57 bits per heavy atom. The summed E-state index contributed by atoms with van der Waals surface area (Å²) in [6, 6.07) is 5.77. The standard InChI is InChI=1S/C11H15FO2/c1-2-3-10(13)8-14-11-6-4-9(12)5-7-11/h4-7,10,13H,2-3,8H2,1H3. The van der Waals surface area contributed by atoms with Crippen LogP contribution >= 0.6 is 0 Å². The molecule has 1 aromatic rings. The summed E-state index contributed by atoms with van der Waals surface area (Å²) < 4.78 is 17.8. The van der Waals surface area contributed by atoms with Crippen LogP contribution in [0.4, 0.5) is 4.39 Å². The van der Waals surface area contributed by atoms with Gasteiger partial charge in [0.2, 0.25) is 0 Å². The van der Waals surface area contributed by atoms with Gasteiger partial charge < -0.3 is 9.84 Å². The minimum atomic E-state index is -0.440. The number of ether oxygens (including phenoxy) is 1. The monoisotopic (exact) mass is 198 g/mol. The lowest BCUT2D eigenvalue weighted by Gasteiger charge is -2.10. The second-order valence-corrected chi connectivity index (χ2v) is 3.21. The highest BCUT2D eigenvalue weighted by Gasteiger charge is 2.03. The van der Waals surface area contributed by atoms with Gasteiger partial charge in [-0.25, -0.2) is 4.39 Å². The van der Waals surface area contributed by atoms with Crippen LogP contribution in [0.2, 0.25) is 0 Å². The Bertz CT molecular complexity index is 258. The van der Waals surface area contributed by atoms with Gasteiger partial charge in [0, 0.05) is 0 Å². The Balaban J connectivity index is 2.34. The number of hydrogen-bond acceptors (Lipinski definition) is 2. The van der Waals surface area contributed by atoms with Crippen molar-refractivity contribution < 1.29 is 14.2 Å². The van der Waals surface area contributed by atoms with Crippen molar-refractivity contribution in [2.45, 2.75) is 25.9 Å². The van der Waals surface area contributed by atoms with E-state index in [1.807, 2.05) is 6.92 Å². The van der Waals surface area contributed by atoms with Crippen molar-refractivity contribution >= 4 is 0 Å². The van der Waals surface area contributed by atoms with Gasteiger partial charge in [0.15, 0.2) is 0 Å². The lowest BCUT2D eigenvalue weighted by atomic mass is 10.2. The van der Waals surface area contributed by atoms with Gasteiger partial charge in [0.25, 0.3) is 0 Å². The van der Waals surface area contributed by atoms with Gasteiger partial charge in [0.05, 0.1) is 6.10 Å². The van der Waals surface area contributed by atoms with Crippen molar-refractivity contribution in [1.82, 2.24) is 0 Å². The van der Waals surface area contributed by atoms with Crippen LogP contribution < -0.4 is 4.74 Å². The van der Waals surface area contributed by atoms with Crippen LogP contribution in [0.25, 0.3) is 0 Å². The van der Waals surface area contributed by atoms with Gasteiger partial charge in [-0.15, -0.1) is 0 Å². The molecule has 0 radical (unpaired) electrons. The second-order valence-electron chi connectivity index (χ2n) is 3.21. The quantitative estimate of drug-likeness (QED) is 0.787. The minimum Gasteiger partial charge on any atom is -0.491 e. The van der Waals surface area contributed by atoms with E-state index in [-0.39, 0.29) is 12.4 Å². The molecule has 78 valence electrons. The second kappa shape index (κ2) is 5.60. The van der Waals surface area contributed by atoms with Gasteiger partial charge in [-0.1, -0.05) is 13.3 Å². The molecule has 0 amide bonds. The Hall–Kier alpha value is -1.09. The van der Waals surface area contributed by atoms with Crippen molar-refractivity contribution in [2.75, 3.05) is 6.61 Å². The van der Waals surface area contributed by atoms with Gasteiger partial charge in [-0.2, -0.15) is 0 Å². The Morgan fingerprint density at radius 1 is 1.36 bits per heavy atom. The summed E-state index contributed by atoms with van der Waals surface area (Å²) >= 11 is 0. The molecule has 0 heterocycles. The van der Waals surface area contributed by atoms with E-state index in [0.29, 0.717) is 5.75 Å². The van der Waals surface area contributed by atoms with E-state index in [1.54, 1.807) is 12.1 Å². The molecule has 0 bridgehead atoms. The molecule has 0 fully saturated rings. The molecule has 0 aliphatic heterocycles. The van der Waals surface area contributed by atoms with Crippen LogP contribution in [-0.4, -0.2) is 17.8 Å². The molecule has 0 spiro atoms. The fraction of sp³-hybridized carbons (Fsp3) is 0.455. The van der Waals surface area contributed by atoms with Crippen molar-refractivity contribution in [3.05, 3.63) is 30.1 Å². The van der Waals surface area contributed by atoms with E-state index in [1.165, 1.54) is 12.1 Å². The minimum absolute atomic E-state index is 0.263. The molecular formula is C11H15FO2. The van der Waals surface area contributed by atoms with Crippen molar-refractivity contribution in [1.29, 1.82) is 0 Å². The molecule has 2 nitrogen and oxygen atoms in total. The highest BCUT2D eigenvalue weighted by molar-refractivity contribution is 5.21. The first-order valence-electron chi connectivity index (χ1n) is 4.78. The predicted molar refractivity (Wildman–Crippen MR) is 52.8 cm³/mol. The Morgan fingerprint density at radius 2 is 2.00 bits per heavy atom. The molecule has 1 rings (SSSR count). The van der Waals surface area contributed by atoms with E-state index >= 15 is 0 Å². The molecular weight excluding hydrogens is 183 g/mol. The summed E-state index contributed by atoms with van der Waals surface area (Å²) in [5.41, 5.74) is 0. The summed E-state index contributed by atoms with van der Waals surface area (Å²) in [5, 5.41) is 9.37. The lowest BCUT2D eigenvalue weighted by molar-refractivity contribution is 0.0993. The first kappa shape index (κ1) is 11.0. The van der Waals surface area contributed by atoms with Gasteiger partial charge in [-0.3, -0.25) is 0 Å².